The minimum atomic E-state index is -1.92. The van der Waals surface area contributed by atoms with E-state index in [4.69, 9.17) is 0 Å². The highest BCUT2D eigenvalue weighted by molar-refractivity contribution is 7.96. The van der Waals surface area contributed by atoms with Crippen molar-refractivity contribution in [2.45, 2.75) is 0 Å². The molecule has 0 unspecified atom stereocenters. The van der Waals surface area contributed by atoms with E-state index in [1.165, 1.54) is 15.9 Å². The Labute approximate surface area is 137 Å². The number of aldehydes is 1. The first kappa shape index (κ1) is 17.1. The number of carbonyl (C=O) groups is 1. The van der Waals surface area contributed by atoms with Crippen LogP contribution in [0.4, 0.5) is 0 Å². The highest BCUT2D eigenvalue weighted by atomic mass is 31.2. The molecule has 3 rings (SSSR count). The van der Waals surface area contributed by atoms with E-state index in [9.17, 15) is 4.79 Å². The quantitative estimate of drug-likeness (QED) is 0.535. The number of rotatable bonds is 5. The van der Waals surface area contributed by atoms with Gasteiger partial charge in [-0.2, -0.15) is 0 Å². The van der Waals surface area contributed by atoms with Crippen molar-refractivity contribution in [3.8, 4) is 0 Å². The summed E-state index contributed by atoms with van der Waals surface area (Å²) in [5.74, 6) is 0. The summed E-state index contributed by atoms with van der Waals surface area (Å²) in [6.45, 7) is 0. The standard InChI is InChI=1S/C20H18OP.H2O/c21-16-17-22(18-10-4-1-5-11-18,19-12-6-2-7-13-19)20-14-8-3-9-15-20;/h1-16H,17H2;1H2/q+1;/p-1. The van der Waals surface area contributed by atoms with E-state index < -0.39 is 7.26 Å². The molecule has 0 aliphatic heterocycles. The molecule has 3 aromatic rings. The molecule has 3 aromatic carbocycles. The smallest absolute Gasteiger partial charge is 0.158 e. The topological polar surface area (TPSA) is 47.1 Å². The Hall–Kier alpha value is -2.28. The van der Waals surface area contributed by atoms with Crippen LogP contribution in [0, 0.1) is 0 Å². The average Bonchev–Trinajstić information content (AvgIpc) is 2.62. The van der Waals surface area contributed by atoms with Crippen LogP contribution in [-0.2, 0) is 4.79 Å². The number of hydrogen-bond donors (Lipinski definition) is 0. The molecule has 0 saturated carbocycles. The Morgan fingerprint density at radius 3 is 1.17 bits per heavy atom. The Bertz CT molecular complexity index is 631. The number of benzene rings is 3. The molecule has 0 aliphatic carbocycles. The van der Waals surface area contributed by atoms with E-state index in [1.807, 2.05) is 18.2 Å². The fourth-order valence-electron chi connectivity index (χ4n) is 2.92. The van der Waals surface area contributed by atoms with Crippen LogP contribution in [0.25, 0.3) is 0 Å². The second-order valence-electron chi connectivity index (χ2n) is 5.17. The summed E-state index contributed by atoms with van der Waals surface area (Å²) in [5, 5.41) is 3.75. The van der Waals surface area contributed by atoms with E-state index in [2.05, 4.69) is 72.8 Å². The lowest BCUT2D eigenvalue weighted by Crippen LogP contribution is -2.33. The van der Waals surface area contributed by atoms with E-state index in [0.29, 0.717) is 6.16 Å². The van der Waals surface area contributed by atoms with Crippen LogP contribution in [0.1, 0.15) is 0 Å². The van der Waals surface area contributed by atoms with Crippen molar-refractivity contribution in [3.63, 3.8) is 0 Å². The summed E-state index contributed by atoms with van der Waals surface area (Å²) in [7, 11) is -1.92. The van der Waals surface area contributed by atoms with Gasteiger partial charge in [-0.05, 0) is 36.4 Å². The van der Waals surface area contributed by atoms with Crippen LogP contribution in [0.5, 0.6) is 0 Å². The van der Waals surface area contributed by atoms with Gasteiger partial charge in [0.2, 0.25) is 0 Å². The summed E-state index contributed by atoms with van der Waals surface area (Å²) in [6.07, 6.45) is 1.60. The third-order valence-corrected chi connectivity index (χ3v) is 8.18. The Morgan fingerprint density at radius 1 is 0.609 bits per heavy atom. The lowest BCUT2D eigenvalue weighted by molar-refractivity contribution is -0.105. The summed E-state index contributed by atoms with van der Waals surface area (Å²) < 4.78 is 0. The van der Waals surface area contributed by atoms with E-state index >= 15 is 0 Å². The molecular weight excluding hydrogens is 303 g/mol. The fraction of sp³-hybridized carbons (Fsp3) is 0.0500. The minimum Gasteiger partial charge on any atom is -0.870 e. The maximum atomic E-state index is 11.6. The molecule has 3 heteroatoms. The van der Waals surface area contributed by atoms with Crippen LogP contribution in [0.2, 0.25) is 0 Å². The van der Waals surface area contributed by atoms with Gasteiger partial charge < -0.3 is 5.48 Å². The molecule has 2 nitrogen and oxygen atoms in total. The van der Waals surface area contributed by atoms with Gasteiger partial charge >= 0.3 is 0 Å². The zero-order chi connectivity index (χ0) is 15.3. The molecular formula is C20H19O2P. The van der Waals surface area contributed by atoms with Crippen LogP contribution in [-0.4, -0.2) is 17.9 Å². The lowest BCUT2D eigenvalue weighted by Gasteiger charge is -2.25. The van der Waals surface area contributed by atoms with E-state index in [0.717, 1.165) is 6.29 Å². The van der Waals surface area contributed by atoms with Crippen LogP contribution in [0.15, 0.2) is 91.0 Å². The predicted molar refractivity (Wildman–Crippen MR) is 98.0 cm³/mol. The minimum absolute atomic E-state index is 0. The van der Waals surface area contributed by atoms with E-state index in [1.54, 1.807) is 0 Å². The molecule has 23 heavy (non-hydrogen) atoms. The molecule has 0 aromatic heterocycles. The van der Waals surface area contributed by atoms with Gasteiger partial charge in [0.1, 0.15) is 29.3 Å². The first-order chi connectivity index (χ1) is 10.9. The molecule has 0 fully saturated rings. The van der Waals surface area contributed by atoms with Crippen LogP contribution < -0.4 is 15.9 Å². The second-order valence-corrected chi connectivity index (χ2v) is 8.70. The van der Waals surface area contributed by atoms with E-state index in [-0.39, 0.29) is 5.48 Å². The Morgan fingerprint density at radius 2 is 0.913 bits per heavy atom. The molecule has 0 saturated heterocycles. The third-order valence-electron chi connectivity index (χ3n) is 3.94. The molecule has 0 bridgehead atoms. The summed E-state index contributed by atoms with van der Waals surface area (Å²) in [4.78, 5) is 11.6. The van der Waals surface area contributed by atoms with Crippen molar-refractivity contribution >= 4 is 29.5 Å². The first-order valence-electron chi connectivity index (χ1n) is 7.36. The maximum absolute atomic E-state index is 11.6. The molecule has 0 radical (unpaired) electrons. The van der Waals surface area contributed by atoms with Crippen molar-refractivity contribution in [2.24, 2.45) is 0 Å². The van der Waals surface area contributed by atoms with Gasteiger partial charge in [-0.3, -0.25) is 4.79 Å². The van der Waals surface area contributed by atoms with Gasteiger partial charge in [0, 0.05) is 0 Å². The van der Waals surface area contributed by atoms with Crippen molar-refractivity contribution in [2.75, 3.05) is 6.16 Å². The Balaban J connectivity index is 0.00000192. The molecule has 0 amide bonds. The lowest BCUT2D eigenvalue weighted by atomic mass is 10.4. The maximum Gasteiger partial charge on any atom is 0.158 e. The summed E-state index contributed by atoms with van der Waals surface area (Å²) in [6, 6.07) is 31.3. The molecule has 0 atom stereocenters. The van der Waals surface area contributed by atoms with Crippen molar-refractivity contribution in [1.29, 1.82) is 0 Å². The SMILES string of the molecule is O=CC[P+](c1ccccc1)(c1ccccc1)c1ccccc1.[OH-]. The molecule has 116 valence electrons. The normalized spacial score (nSPS) is 10.6. The van der Waals surface area contributed by atoms with Crippen molar-refractivity contribution < 1.29 is 10.3 Å². The molecule has 0 spiro atoms. The predicted octanol–water partition coefficient (Wildman–Crippen LogP) is 3.00. The van der Waals surface area contributed by atoms with Crippen molar-refractivity contribution in [3.05, 3.63) is 91.0 Å². The monoisotopic (exact) mass is 322 g/mol. The fourth-order valence-corrected chi connectivity index (χ4v) is 6.72. The third kappa shape index (κ3) is 3.24. The van der Waals surface area contributed by atoms with Gasteiger partial charge in [-0.1, -0.05) is 54.6 Å². The zero-order valence-electron chi connectivity index (χ0n) is 12.7. The number of hydrogen-bond acceptors (Lipinski definition) is 2. The largest absolute Gasteiger partial charge is 0.870 e. The van der Waals surface area contributed by atoms with Gasteiger partial charge in [0.05, 0.1) is 0 Å². The van der Waals surface area contributed by atoms with Crippen molar-refractivity contribution in [1.82, 2.24) is 0 Å². The zero-order valence-corrected chi connectivity index (χ0v) is 13.6. The first-order valence-corrected chi connectivity index (χ1v) is 9.34. The van der Waals surface area contributed by atoms with Crippen LogP contribution >= 0.6 is 7.26 Å². The van der Waals surface area contributed by atoms with Crippen LogP contribution in [0.3, 0.4) is 0 Å². The Kier molecular flexibility index (Phi) is 5.81. The highest BCUT2D eigenvalue weighted by Crippen LogP contribution is 2.54. The molecule has 0 aliphatic rings. The highest BCUT2D eigenvalue weighted by Gasteiger charge is 2.44. The number of carbonyl (C=O) groups excluding carboxylic acids is 1. The van der Waals surface area contributed by atoms with Gasteiger partial charge in [-0.15, -0.1) is 0 Å². The molecule has 0 heterocycles. The second kappa shape index (κ2) is 7.82. The van der Waals surface area contributed by atoms with Gasteiger partial charge in [0.15, 0.2) is 6.29 Å². The van der Waals surface area contributed by atoms with Gasteiger partial charge in [0.25, 0.3) is 0 Å². The summed E-state index contributed by atoms with van der Waals surface area (Å²) >= 11 is 0. The average molecular weight is 322 g/mol. The summed E-state index contributed by atoms with van der Waals surface area (Å²) in [5.41, 5.74) is 0. The van der Waals surface area contributed by atoms with Gasteiger partial charge in [-0.25, -0.2) is 0 Å². The molecule has 1 N–H and O–H groups in total.